The Labute approximate surface area is 132 Å². The number of carboxylic acid groups (broad SMARTS) is 1. The number of sulfonamides is 1. The molecule has 0 spiro atoms. The molecule has 7 heteroatoms. The van der Waals surface area contributed by atoms with Gasteiger partial charge in [0.25, 0.3) is 0 Å². The summed E-state index contributed by atoms with van der Waals surface area (Å²) in [6.45, 7) is 2.07. The van der Waals surface area contributed by atoms with Gasteiger partial charge in [0.1, 0.15) is 0 Å². The van der Waals surface area contributed by atoms with Gasteiger partial charge in [-0.05, 0) is 59.5 Å². The average molecular weight is 409 g/mol. The topological polar surface area (TPSA) is 83.5 Å². The van der Waals surface area contributed by atoms with E-state index >= 15 is 0 Å². The molecule has 0 aromatic heterocycles. The number of halogens is 1. The number of rotatable bonds is 6. The van der Waals surface area contributed by atoms with E-state index in [4.69, 9.17) is 5.11 Å². The van der Waals surface area contributed by atoms with E-state index in [1.54, 1.807) is 0 Å². The van der Waals surface area contributed by atoms with Gasteiger partial charge in [0, 0.05) is 9.61 Å². The molecule has 110 valence electrons. The van der Waals surface area contributed by atoms with Gasteiger partial charge >= 0.3 is 5.97 Å². The van der Waals surface area contributed by atoms with Crippen LogP contribution in [-0.2, 0) is 10.0 Å². The van der Waals surface area contributed by atoms with E-state index < -0.39 is 16.0 Å². The third kappa shape index (κ3) is 3.50. The highest BCUT2D eigenvalue weighted by Gasteiger charge is 2.39. The van der Waals surface area contributed by atoms with Gasteiger partial charge in [-0.25, -0.2) is 17.9 Å². The smallest absolute Gasteiger partial charge is 0.336 e. The maximum Gasteiger partial charge on any atom is 0.336 e. The van der Waals surface area contributed by atoms with Gasteiger partial charge < -0.3 is 5.11 Å². The minimum Gasteiger partial charge on any atom is -0.478 e. The van der Waals surface area contributed by atoms with Crippen molar-refractivity contribution in [2.24, 2.45) is 5.92 Å². The van der Waals surface area contributed by atoms with Crippen molar-refractivity contribution < 1.29 is 18.3 Å². The highest BCUT2D eigenvalue weighted by Crippen LogP contribution is 2.35. The first-order valence-electron chi connectivity index (χ1n) is 6.40. The quantitative estimate of drug-likeness (QED) is 0.708. The number of carboxylic acids is 1. The zero-order chi connectivity index (χ0) is 14.9. The van der Waals surface area contributed by atoms with Crippen LogP contribution in [0.25, 0.3) is 0 Å². The Morgan fingerprint density at radius 3 is 2.80 bits per heavy atom. The maximum absolute atomic E-state index is 12.2. The molecular weight excluding hydrogens is 393 g/mol. The minimum absolute atomic E-state index is 0.00694. The Balaban J connectivity index is 2.18. The lowest BCUT2D eigenvalue weighted by Crippen LogP contribution is -2.27. The number of benzene rings is 1. The van der Waals surface area contributed by atoms with Crippen molar-refractivity contribution in [2.45, 2.75) is 37.1 Å². The standard InChI is InChI=1S/C13H16INO4S/c1-2-3-8-6-12(8)15-20(18,19)9-4-5-11(14)10(7-9)13(16)17/h4-5,7-8,12,15H,2-3,6H2,1H3,(H,16,17). The van der Waals surface area contributed by atoms with Gasteiger partial charge in [-0.2, -0.15) is 0 Å². The van der Waals surface area contributed by atoms with Crippen molar-refractivity contribution in [1.29, 1.82) is 0 Å². The molecule has 1 aliphatic rings. The van der Waals surface area contributed by atoms with Crippen molar-refractivity contribution >= 4 is 38.6 Å². The molecule has 2 atom stereocenters. The van der Waals surface area contributed by atoms with Crippen molar-refractivity contribution in [3.63, 3.8) is 0 Å². The molecule has 0 bridgehead atoms. The van der Waals surface area contributed by atoms with Crippen LogP contribution in [0.1, 0.15) is 36.5 Å². The fourth-order valence-corrected chi connectivity index (χ4v) is 4.09. The summed E-state index contributed by atoms with van der Waals surface area (Å²) in [5.41, 5.74) is 0.00869. The molecule has 1 saturated carbocycles. The summed E-state index contributed by atoms with van der Waals surface area (Å²) >= 11 is 1.88. The maximum atomic E-state index is 12.2. The number of hydrogen-bond donors (Lipinski definition) is 2. The molecule has 20 heavy (non-hydrogen) atoms. The molecule has 0 aliphatic heterocycles. The van der Waals surface area contributed by atoms with Gasteiger partial charge in [0.05, 0.1) is 10.5 Å². The predicted molar refractivity (Wildman–Crippen MR) is 83.2 cm³/mol. The van der Waals surface area contributed by atoms with Crippen LogP contribution >= 0.6 is 22.6 Å². The molecule has 1 aromatic carbocycles. The summed E-state index contributed by atoms with van der Waals surface area (Å²) in [5, 5.41) is 9.04. The van der Waals surface area contributed by atoms with Crippen molar-refractivity contribution in [3.05, 3.63) is 27.3 Å². The molecule has 2 unspecified atom stereocenters. The lowest BCUT2D eigenvalue weighted by atomic mass is 10.2. The first-order chi connectivity index (χ1) is 9.35. The Morgan fingerprint density at radius 1 is 1.50 bits per heavy atom. The average Bonchev–Trinajstić information content (AvgIpc) is 3.06. The second-order valence-corrected chi connectivity index (χ2v) is 7.84. The van der Waals surface area contributed by atoms with Crippen LogP contribution in [0.3, 0.4) is 0 Å². The molecule has 0 heterocycles. The Morgan fingerprint density at radius 2 is 2.20 bits per heavy atom. The predicted octanol–water partition coefficient (Wildman–Crippen LogP) is 2.46. The normalized spacial score (nSPS) is 21.7. The molecule has 2 rings (SSSR count). The third-order valence-corrected chi connectivity index (χ3v) is 5.80. The molecule has 0 radical (unpaired) electrons. The second-order valence-electron chi connectivity index (χ2n) is 4.96. The van der Waals surface area contributed by atoms with E-state index in [1.807, 2.05) is 22.6 Å². The zero-order valence-corrected chi connectivity index (χ0v) is 13.9. The number of carbonyl (C=O) groups is 1. The third-order valence-electron chi connectivity index (χ3n) is 3.37. The fourth-order valence-electron chi connectivity index (χ4n) is 2.18. The van der Waals surface area contributed by atoms with Crippen LogP contribution in [0, 0.1) is 9.49 Å². The second kappa shape index (κ2) is 5.98. The molecule has 1 aromatic rings. The molecule has 1 fully saturated rings. The summed E-state index contributed by atoms with van der Waals surface area (Å²) in [4.78, 5) is 11.1. The van der Waals surface area contributed by atoms with E-state index in [1.165, 1.54) is 18.2 Å². The summed E-state index contributed by atoms with van der Waals surface area (Å²) < 4.78 is 27.6. The molecular formula is C13H16INO4S. The summed E-state index contributed by atoms with van der Waals surface area (Å²) in [5.74, 6) is -0.709. The zero-order valence-electron chi connectivity index (χ0n) is 11.0. The van der Waals surface area contributed by atoms with Gasteiger partial charge in [0.2, 0.25) is 10.0 Å². The van der Waals surface area contributed by atoms with Gasteiger partial charge in [-0.3, -0.25) is 0 Å². The molecule has 0 amide bonds. The van der Waals surface area contributed by atoms with Crippen LogP contribution in [0.15, 0.2) is 23.1 Å². The van der Waals surface area contributed by atoms with Crippen LogP contribution in [0.4, 0.5) is 0 Å². The summed E-state index contributed by atoms with van der Waals surface area (Å²) in [7, 11) is -3.64. The minimum atomic E-state index is -3.64. The van der Waals surface area contributed by atoms with E-state index in [0.29, 0.717) is 9.49 Å². The van der Waals surface area contributed by atoms with Gasteiger partial charge in [0.15, 0.2) is 0 Å². The van der Waals surface area contributed by atoms with Crippen LogP contribution in [-0.4, -0.2) is 25.5 Å². The summed E-state index contributed by atoms with van der Waals surface area (Å²) in [6, 6.07) is 4.15. The number of aromatic carboxylic acids is 1. The van der Waals surface area contributed by atoms with E-state index in [0.717, 1.165) is 19.3 Å². The largest absolute Gasteiger partial charge is 0.478 e. The Hall–Kier alpha value is -0.670. The van der Waals surface area contributed by atoms with Crippen LogP contribution in [0.5, 0.6) is 0 Å². The van der Waals surface area contributed by atoms with Crippen molar-refractivity contribution in [3.8, 4) is 0 Å². The van der Waals surface area contributed by atoms with Crippen molar-refractivity contribution in [2.75, 3.05) is 0 Å². The molecule has 2 N–H and O–H groups in total. The fraction of sp³-hybridized carbons (Fsp3) is 0.462. The SMILES string of the molecule is CCCC1CC1NS(=O)(=O)c1ccc(I)c(C(=O)O)c1. The molecule has 1 aliphatic carbocycles. The van der Waals surface area contributed by atoms with Crippen LogP contribution < -0.4 is 4.72 Å². The summed E-state index contributed by atoms with van der Waals surface area (Å²) in [6.07, 6.45) is 2.92. The van der Waals surface area contributed by atoms with Crippen LogP contribution in [0.2, 0.25) is 0 Å². The molecule has 0 saturated heterocycles. The lowest BCUT2D eigenvalue weighted by Gasteiger charge is -2.08. The monoisotopic (exact) mass is 409 g/mol. The Bertz CT molecular complexity index is 629. The van der Waals surface area contributed by atoms with Crippen molar-refractivity contribution in [1.82, 2.24) is 4.72 Å². The lowest BCUT2D eigenvalue weighted by molar-refractivity contribution is 0.0695. The first-order valence-corrected chi connectivity index (χ1v) is 8.96. The van der Waals surface area contributed by atoms with Gasteiger partial charge in [-0.15, -0.1) is 0 Å². The number of hydrogen-bond acceptors (Lipinski definition) is 3. The van der Waals surface area contributed by atoms with E-state index in [2.05, 4.69) is 11.6 Å². The van der Waals surface area contributed by atoms with Gasteiger partial charge in [-0.1, -0.05) is 13.3 Å². The van der Waals surface area contributed by atoms with E-state index in [-0.39, 0.29) is 16.5 Å². The first kappa shape index (κ1) is 15.7. The highest BCUT2D eigenvalue weighted by atomic mass is 127. The number of nitrogens with one attached hydrogen (secondary N) is 1. The molecule has 5 nitrogen and oxygen atoms in total. The van der Waals surface area contributed by atoms with E-state index in [9.17, 15) is 13.2 Å². The highest BCUT2D eigenvalue weighted by molar-refractivity contribution is 14.1. The Kier molecular flexibility index (Phi) is 4.70.